The van der Waals surface area contributed by atoms with Crippen molar-refractivity contribution >= 4 is 15.9 Å². The Morgan fingerprint density at radius 2 is 2.05 bits per heavy atom. The maximum absolute atomic E-state index is 9.47. The van der Waals surface area contributed by atoms with Crippen molar-refractivity contribution < 1.29 is 10.2 Å². The minimum Gasteiger partial charge on any atom is -0.508 e. The van der Waals surface area contributed by atoms with Crippen LogP contribution >= 0.6 is 15.9 Å². The summed E-state index contributed by atoms with van der Waals surface area (Å²) in [6.45, 7) is 6.26. The number of aliphatic hydroxyl groups is 1. The Hall–Kier alpha value is -0.580. The fourth-order valence-electron chi connectivity index (χ4n) is 2.26. The van der Waals surface area contributed by atoms with Gasteiger partial charge in [-0.1, -0.05) is 29.8 Å². The van der Waals surface area contributed by atoms with Crippen LogP contribution < -0.4 is 5.32 Å². The van der Waals surface area contributed by atoms with Gasteiger partial charge in [-0.3, -0.25) is 0 Å². The third-order valence-electron chi connectivity index (χ3n) is 3.12. The van der Waals surface area contributed by atoms with Crippen molar-refractivity contribution in [1.29, 1.82) is 0 Å². The quantitative estimate of drug-likeness (QED) is 0.686. The molecule has 19 heavy (non-hydrogen) atoms. The summed E-state index contributed by atoms with van der Waals surface area (Å²) < 4.78 is 1.00. The fourth-order valence-corrected chi connectivity index (χ4v) is 2.65. The van der Waals surface area contributed by atoms with E-state index in [9.17, 15) is 5.11 Å². The summed E-state index contributed by atoms with van der Waals surface area (Å²) in [5.41, 5.74) is 1.05. The van der Waals surface area contributed by atoms with E-state index in [4.69, 9.17) is 5.11 Å². The van der Waals surface area contributed by atoms with Gasteiger partial charge < -0.3 is 15.5 Å². The van der Waals surface area contributed by atoms with E-state index in [2.05, 4.69) is 35.1 Å². The van der Waals surface area contributed by atoms with E-state index in [0.29, 0.717) is 11.8 Å². The van der Waals surface area contributed by atoms with Crippen LogP contribution in [-0.2, 0) is 6.54 Å². The Balaban J connectivity index is 2.44. The third-order valence-corrected chi connectivity index (χ3v) is 3.89. The lowest BCUT2D eigenvalue weighted by Gasteiger charge is -2.19. The second-order valence-electron chi connectivity index (χ2n) is 5.41. The van der Waals surface area contributed by atoms with Gasteiger partial charge >= 0.3 is 0 Å². The first kappa shape index (κ1) is 16.5. The molecule has 1 rings (SSSR count). The summed E-state index contributed by atoms with van der Waals surface area (Å²) in [6, 6.07) is 5.28. The number of aliphatic hydroxyl groups excluding tert-OH is 1. The number of rotatable bonds is 8. The zero-order valence-corrected chi connectivity index (χ0v) is 13.3. The van der Waals surface area contributed by atoms with E-state index in [1.54, 1.807) is 12.1 Å². The van der Waals surface area contributed by atoms with Gasteiger partial charge in [0.15, 0.2) is 0 Å². The van der Waals surface area contributed by atoms with Crippen molar-refractivity contribution in [2.24, 2.45) is 11.8 Å². The van der Waals surface area contributed by atoms with Gasteiger partial charge in [0, 0.05) is 17.6 Å². The van der Waals surface area contributed by atoms with Gasteiger partial charge in [0.05, 0.1) is 0 Å². The van der Waals surface area contributed by atoms with E-state index < -0.39 is 0 Å². The summed E-state index contributed by atoms with van der Waals surface area (Å²) in [5.74, 6) is 1.43. The van der Waals surface area contributed by atoms with E-state index in [-0.39, 0.29) is 12.4 Å². The van der Waals surface area contributed by atoms with Crippen molar-refractivity contribution in [1.82, 2.24) is 5.32 Å². The maximum Gasteiger partial charge on any atom is 0.115 e. The van der Waals surface area contributed by atoms with E-state index in [1.807, 2.05) is 6.07 Å². The van der Waals surface area contributed by atoms with Gasteiger partial charge in [-0.25, -0.2) is 0 Å². The Labute approximate surface area is 124 Å². The van der Waals surface area contributed by atoms with Crippen LogP contribution in [0.25, 0.3) is 0 Å². The molecular formula is C15H24BrNO2. The predicted molar refractivity (Wildman–Crippen MR) is 82.2 cm³/mol. The molecule has 0 radical (unpaired) electrons. The van der Waals surface area contributed by atoms with Crippen molar-refractivity contribution in [3.05, 3.63) is 28.2 Å². The van der Waals surface area contributed by atoms with Crippen LogP contribution in [-0.4, -0.2) is 23.4 Å². The number of halogens is 1. The summed E-state index contributed by atoms with van der Waals surface area (Å²) in [6.07, 6.45) is 1.96. The molecule has 1 atom stereocenters. The largest absolute Gasteiger partial charge is 0.508 e. The van der Waals surface area contributed by atoms with E-state index in [1.165, 1.54) is 0 Å². The number of benzene rings is 1. The molecule has 0 saturated carbocycles. The Morgan fingerprint density at radius 1 is 1.32 bits per heavy atom. The molecule has 0 saturated heterocycles. The lowest BCUT2D eigenvalue weighted by atomic mass is 9.94. The molecule has 0 aliphatic carbocycles. The Morgan fingerprint density at radius 3 is 2.68 bits per heavy atom. The normalized spacial score (nSPS) is 12.9. The molecule has 0 spiro atoms. The van der Waals surface area contributed by atoms with Gasteiger partial charge in [-0.15, -0.1) is 0 Å². The smallest absolute Gasteiger partial charge is 0.115 e. The third kappa shape index (κ3) is 6.41. The average molecular weight is 330 g/mol. The molecule has 1 unspecified atom stereocenters. The summed E-state index contributed by atoms with van der Waals surface area (Å²) in [5, 5.41) is 22.0. The standard InChI is InChI=1S/C15H24BrNO2/c1-11(2)7-12(5-6-18)9-17-10-13-8-14(19)3-4-15(13)16/h3-4,8,11-12,17-19H,5-7,9-10H2,1-2H3. The first-order chi connectivity index (χ1) is 9.02. The van der Waals surface area contributed by atoms with Crippen LogP contribution in [0.1, 0.15) is 32.3 Å². The molecule has 0 aromatic heterocycles. The van der Waals surface area contributed by atoms with Crippen LogP contribution in [0.5, 0.6) is 5.75 Å². The average Bonchev–Trinajstić information content (AvgIpc) is 2.33. The summed E-state index contributed by atoms with van der Waals surface area (Å²) >= 11 is 3.48. The van der Waals surface area contributed by atoms with Gasteiger partial charge in [-0.2, -0.15) is 0 Å². The highest BCUT2D eigenvalue weighted by Crippen LogP contribution is 2.22. The molecule has 0 amide bonds. The van der Waals surface area contributed by atoms with Crippen LogP contribution in [0.4, 0.5) is 0 Å². The fraction of sp³-hybridized carbons (Fsp3) is 0.600. The molecule has 1 aromatic carbocycles. The van der Waals surface area contributed by atoms with Crippen molar-refractivity contribution in [2.45, 2.75) is 33.2 Å². The highest BCUT2D eigenvalue weighted by molar-refractivity contribution is 9.10. The van der Waals surface area contributed by atoms with E-state index >= 15 is 0 Å². The number of phenolic OH excluding ortho intramolecular Hbond substituents is 1. The van der Waals surface area contributed by atoms with Crippen molar-refractivity contribution in [3.63, 3.8) is 0 Å². The van der Waals surface area contributed by atoms with Gasteiger partial charge in [0.1, 0.15) is 5.75 Å². The van der Waals surface area contributed by atoms with Crippen LogP contribution in [0, 0.1) is 11.8 Å². The minimum atomic E-state index is 0.245. The molecule has 0 aliphatic heterocycles. The molecule has 3 N–H and O–H groups in total. The van der Waals surface area contributed by atoms with Gasteiger partial charge in [0.25, 0.3) is 0 Å². The summed E-state index contributed by atoms with van der Waals surface area (Å²) in [7, 11) is 0. The second kappa shape index (κ2) is 8.56. The minimum absolute atomic E-state index is 0.245. The molecule has 108 valence electrons. The van der Waals surface area contributed by atoms with E-state index in [0.717, 1.165) is 36.0 Å². The number of phenols is 1. The molecule has 3 nitrogen and oxygen atoms in total. The van der Waals surface area contributed by atoms with Crippen LogP contribution in [0.2, 0.25) is 0 Å². The van der Waals surface area contributed by atoms with Gasteiger partial charge in [0.2, 0.25) is 0 Å². The van der Waals surface area contributed by atoms with Crippen molar-refractivity contribution in [2.75, 3.05) is 13.2 Å². The lowest BCUT2D eigenvalue weighted by Crippen LogP contribution is -2.24. The number of nitrogens with one attached hydrogen (secondary N) is 1. The molecule has 0 aliphatic rings. The number of aromatic hydroxyl groups is 1. The lowest BCUT2D eigenvalue weighted by molar-refractivity contribution is 0.239. The predicted octanol–water partition coefficient (Wildman–Crippen LogP) is 3.29. The molecule has 0 fully saturated rings. The maximum atomic E-state index is 9.47. The number of hydrogen-bond acceptors (Lipinski definition) is 3. The zero-order valence-electron chi connectivity index (χ0n) is 11.7. The molecule has 4 heteroatoms. The molecular weight excluding hydrogens is 306 g/mol. The Kier molecular flexibility index (Phi) is 7.42. The Bertz CT molecular complexity index is 382. The molecule has 0 heterocycles. The molecule has 1 aromatic rings. The van der Waals surface area contributed by atoms with Gasteiger partial charge in [-0.05, 0) is 55.0 Å². The SMILES string of the molecule is CC(C)CC(CCO)CNCc1cc(O)ccc1Br. The monoisotopic (exact) mass is 329 g/mol. The molecule has 0 bridgehead atoms. The summed E-state index contributed by atoms with van der Waals surface area (Å²) in [4.78, 5) is 0. The second-order valence-corrected chi connectivity index (χ2v) is 6.27. The topological polar surface area (TPSA) is 52.5 Å². The van der Waals surface area contributed by atoms with Crippen LogP contribution in [0.3, 0.4) is 0 Å². The number of hydrogen-bond donors (Lipinski definition) is 3. The zero-order chi connectivity index (χ0) is 14.3. The first-order valence-electron chi connectivity index (χ1n) is 6.82. The highest BCUT2D eigenvalue weighted by atomic mass is 79.9. The highest BCUT2D eigenvalue weighted by Gasteiger charge is 2.10. The first-order valence-corrected chi connectivity index (χ1v) is 7.61. The van der Waals surface area contributed by atoms with Crippen LogP contribution in [0.15, 0.2) is 22.7 Å². The van der Waals surface area contributed by atoms with Crippen molar-refractivity contribution in [3.8, 4) is 5.75 Å².